The van der Waals surface area contributed by atoms with Gasteiger partial charge in [0.1, 0.15) is 0 Å². The standard InChI is InChI=1S/C16H11ClS2/c17-13-6-4-5-12(11-13)15-9-10-16(19-15)18-14-7-2-1-3-8-14/h1-11H. The molecule has 0 aliphatic rings. The zero-order chi connectivity index (χ0) is 13.1. The Labute approximate surface area is 126 Å². The van der Waals surface area contributed by atoms with Crippen LogP contribution < -0.4 is 0 Å². The Morgan fingerprint density at radius 2 is 1.68 bits per heavy atom. The van der Waals surface area contributed by atoms with Gasteiger partial charge < -0.3 is 0 Å². The number of benzene rings is 2. The average Bonchev–Trinajstić information content (AvgIpc) is 2.88. The molecule has 0 saturated carbocycles. The highest BCUT2D eigenvalue weighted by Gasteiger charge is 2.04. The highest BCUT2D eigenvalue weighted by Crippen LogP contribution is 2.37. The summed E-state index contributed by atoms with van der Waals surface area (Å²) in [6, 6.07) is 22.7. The molecule has 0 N–H and O–H groups in total. The summed E-state index contributed by atoms with van der Waals surface area (Å²) in [7, 11) is 0. The maximum atomic E-state index is 6.03. The smallest absolute Gasteiger partial charge is 0.0652 e. The van der Waals surface area contributed by atoms with Crippen molar-refractivity contribution in [3.8, 4) is 10.4 Å². The number of hydrogen-bond donors (Lipinski definition) is 0. The molecule has 0 atom stereocenters. The maximum absolute atomic E-state index is 6.03. The van der Waals surface area contributed by atoms with Gasteiger partial charge in [-0.2, -0.15) is 0 Å². The minimum atomic E-state index is 0.781. The first-order valence-electron chi connectivity index (χ1n) is 5.90. The van der Waals surface area contributed by atoms with Crippen LogP contribution in [0, 0.1) is 0 Å². The van der Waals surface area contributed by atoms with E-state index >= 15 is 0 Å². The molecule has 19 heavy (non-hydrogen) atoms. The lowest BCUT2D eigenvalue weighted by Crippen LogP contribution is -1.70. The van der Waals surface area contributed by atoms with Gasteiger partial charge in [0.15, 0.2) is 0 Å². The van der Waals surface area contributed by atoms with Gasteiger partial charge in [-0.1, -0.05) is 53.7 Å². The molecule has 0 nitrogen and oxygen atoms in total. The Kier molecular flexibility index (Phi) is 3.92. The second-order valence-electron chi connectivity index (χ2n) is 4.04. The van der Waals surface area contributed by atoms with E-state index in [-0.39, 0.29) is 0 Å². The molecule has 0 amide bonds. The van der Waals surface area contributed by atoms with E-state index < -0.39 is 0 Å². The van der Waals surface area contributed by atoms with Gasteiger partial charge in [0.25, 0.3) is 0 Å². The topological polar surface area (TPSA) is 0 Å². The predicted octanol–water partition coefficient (Wildman–Crippen LogP) is 6.22. The van der Waals surface area contributed by atoms with Gasteiger partial charge in [-0.25, -0.2) is 0 Å². The average molecular weight is 303 g/mol. The van der Waals surface area contributed by atoms with Crippen LogP contribution in [-0.2, 0) is 0 Å². The molecule has 3 heteroatoms. The molecule has 2 aromatic carbocycles. The summed E-state index contributed by atoms with van der Waals surface area (Å²) in [5.74, 6) is 0. The number of hydrogen-bond acceptors (Lipinski definition) is 2. The molecule has 0 spiro atoms. The van der Waals surface area contributed by atoms with Crippen molar-refractivity contribution < 1.29 is 0 Å². The summed E-state index contributed by atoms with van der Waals surface area (Å²) in [5, 5.41) is 0.781. The van der Waals surface area contributed by atoms with Crippen molar-refractivity contribution in [2.45, 2.75) is 9.10 Å². The third-order valence-corrected chi connectivity index (χ3v) is 5.16. The first-order chi connectivity index (χ1) is 9.31. The fourth-order valence-electron chi connectivity index (χ4n) is 1.78. The van der Waals surface area contributed by atoms with Crippen LogP contribution >= 0.6 is 34.7 Å². The van der Waals surface area contributed by atoms with E-state index in [0.29, 0.717) is 0 Å². The Hall–Kier alpha value is -1.22. The van der Waals surface area contributed by atoms with Crippen LogP contribution in [0.2, 0.25) is 5.02 Å². The molecule has 0 bridgehead atoms. The highest BCUT2D eigenvalue weighted by atomic mass is 35.5. The molecule has 94 valence electrons. The van der Waals surface area contributed by atoms with Crippen molar-refractivity contribution in [2.75, 3.05) is 0 Å². The fourth-order valence-corrected chi connectivity index (χ4v) is 4.09. The Balaban J connectivity index is 1.84. The van der Waals surface area contributed by atoms with Crippen molar-refractivity contribution >= 4 is 34.7 Å². The molecular formula is C16H11ClS2. The molecule has 0 aliphatic heterocycles. The highest BCUT2D eigenvalue weighted by molar-refractivity contribution is 8.01. The summed E-state index contributed by atoms with van der Waals surface area (Å²) in [5.41, 5.74) is 1.18. The molecule has 3 aromatic rings. The quantitative estimate of drug-likeness (QED) is 0.553. The van der Waals surface area contributed by atoms with E-state index in [1.807, 2.05) is 24.3 Å². The second-order valence-corrected chi connectivity index (χ2v) is 6.94. The van der Waals surface area contributed by atoms with Crippen LogP contribution in [0.15, 0.2) is 75.8 Å². The van der Waals surface area contributed by atoms with Crippen LogP contribution in [0.4, 0.5) is 0 Å². The zero-order valence-corrected chi connectivity index (χ0v) is 12.4. The lowest BCUT2D eigenvalue weighted by atomic mass is 10.2. The van der Waals surface area contributed by atoms with E-state index in [1.165, 1.54) is 19.5 Å². The summed E-state index contributed by atoms with van der Waals surface area (Å²) >= 11 is 9.62. The van der Waals surface area contributed by atoms with Gasteiger partial charge in [-0.15, -0.1) is 11.3 Å². The molecule has 1 aromatic heterocycles. The SMILES string of the molecule is Clc1cccc(-c2ccc(Sc3ccccc3)s2)c1. The lowest BCUT2D eigenvalue weighted by Gasteiger charge is -1.98. The molecule has 0 aliphatic carbocycles. The summed E-state index contributed by atoms with van der Waals surface area (Å²) < 4.78 is 1.29. The molecule has 0 saturated heterocycles. The predicted molar refractivity (Wildman–Crippen MR) is 85.3 cm³/mol. The third-order valence-electron chi connectivity index (χ3n) is 2.65. The summed E-state index contributed by atoms with van der Waals surface area (Å²) in [4.78, 5) is 2.52. The summed E-state index contributed by atoms with van der Waals surface area (Å²) in [6.45, 7) is 0. The largest absolute Gasteiger partial charge is 0.128 e. The van der Waals surface area contributed by atoms with Gasteiger partial charge in [-0.3, -0.25) is 0 Å². The molecule has 1 heterocycles. The Morgan fingerprint density at radius 1 is 0.842 bits per heavy atom. The Morgan fingerprint density at radius 3 is 2.47 bits per heavy atom. The van der Waals surface area contributed by atoms with E-state index in [1.54, 1.807) is 23.1 Å². The van der Waals surface area contributed by atoms with E-state index in [0.717, 1.165) is 5.02 Å². The molecular weight excluding hydrogens is 292 g/mol. The first-order valence-corrected chi connectivity index (χ1v) is 7.91. The lowest BCUT2D eigenvalue weighted by molar-refractivity contribution is 1.46. The van der Waals surface area contributed by atoms with Crippen LogP contribution in [0.3, 0.4) is 0 Å². The van der Waals surface area contributed by atoms with E-state index in [4.69, 9.17) is 11.6 Å². The van der Waals surface area contributed by atoms with Crippen molar-refractivity contribution in [3.05, 3.63) is 71.8 Å². The minimum Gasteiger partial charge on any atom is -0.128 e. The number of rotatable bonds is 3. The van der Waals surface area contributed by atoms with Gasteiger partial charge in [0.05, 0.1) is 4.21 Å². The normalized spacial score (nSPS) is 10.6. The fraction of sp³-hybridized carbons (Fsp3) is 0. The molecule has 0 unspecified atom stereocenters. The van der Waals surface area contributed by atoms with Gasteiger partial charge in [0.2, 0.25) is 0 Å². The van der Waals surface area contributed by atoms with Crippen LogP contribution in [0.1, 0.15) is 0 Å². The minimum absolute atomic E-state index is 0.781. The van der Waals surface area contributed by atoms with Crippen molar-refractivity contribution in [3.63, 3.8) is 0 Å². The van der Waals surface area contributed by atoms with Gasteiger partial charge in [-0.05, 0) is 42.0 Å². The summed E-state index contributed by atoms with van der Waals surface area (Å²) in [6.07, 6.45) is 0. The van der Waals surface area contributed by atoms with Gasteiger partial charge >= 0.3 is 0 Å². The van der Waals surface area contributed by atoms with Crippen LogP contribution in [0.5, 0.6) is 0 Å². The van der Waals surface area contributed by atoms with E-state index in [9.17, 15) is 0 Å². The molecule has 0 radical (unpaired) electrons. The van der Waals surface area contributed by atoms with Gasteiger partial charge in [0, 0.05) is 14.8 Å². The monoisotopic (exact) mass is 302 g/mol. The number of halogens is 1. The maximum Gasteiger partial charge on any atom is 0.0652 e. The van der Waals surface area contributed by atoms with E-state index in [2.05, 4.69) is 42.5 Å². The second kappa shape index (κ2) is 5.83. The van der Waals surface area contributed by atoms with Crippen LogP contribution in [0.25, 0.3) is 10.4 Å². The molecule has 3 rings (SSSR count). The van der Waals surface area contributed by atoms with Crippen LogP contribution in [-0.4, -0.2) is 0 Å². The van der Waals surface area contributed by atoms with Crippen molar-refractivity contribution in [2.24, 2.45) is 0 Å². The third kappa shape index (κ3) is 3.21. The molecule has 0 fully saturated rings. The Bertz CT molecular complexity index is 674. The van der Waals surface area contributed by atoms with Crippen molar-refractivity contribution in [1.82, 2.24) is 0 Å². The number of thiophene rings is 1. The first kappa shape index (κ1) is 12.8. The van der Waals surface area contributed by atoms with Crippen molar-refractivity contribution in [1.29, 1.82) is 0 Å². The zero-order valence-electron chi connectivity index (χ0n) is 10.0.